The molecule has 8 aromatic carbocycles. The maximum Gasteiger partial charge on any atom is 0.164 e. The van der Waals surface area contributed by atoms with Gasteiger partial charge >= 0.3 is 0 Å². The maximum absolute atomic E-state index is 5.36. The first-order chi connectivity index (χ1) is 31.7. The van der Waals surface area contributed by atoms with E-state index in [-0.39, 0.29) is 0 Å². The fourth-order valence-electron chi connectivity index (χ4n) is 10.5. The van der Waals surface area contributed by atoms with E-state index in [0.29, 0.717) is 17.5 Å². The summed E-state index contributed by atoms with van der Waals surface area (Å²) in [6.45, 7) is 0. The topological polar surface area (TPSA) is 56.5 Å². The number of rotatable bonds is 6. The summed E-state index contributed by atoms with van der Waals surface area (Å²) in [4.78, 5) is 21.0. The third-order valence-corrected chi connectivity index (χ3v) is 13.3. The van der Waals surface area contributed by atoms with Gasteiger partial charge in [0.25, 0.3) is 0 Å². The Bertz CT molecular complexity index is 3520. The van der Waals surface area contributed by atoms with Crippen molar-refractivity contribution in [2.75, 3.05) is 0 Å². The molecule has 0 atom stereocenters. The molecule has 0 amide bonds. The van der Waals surface area contributed by atoms with Crippen LogP contribution in [0.4, 0.5) is 0 Å². The molecule has 2 heterocycles. The lowest BCUT2D eigenvalue weighted by Crippen LogP contribution is -2.26. The first-order valence-corrected chi connectivity index (χ1v) is 22.0. The van der Waals surface area contributed by atoms with Gasteiger partial charge in [0.2, 0.25) is 0 Å². The summed E-state index contributed by atoms with van der Waals surface area (Å²) in [5.74, 6) is 2.78. The lowest BCUT2D eigenvalue weighted by molar-refractivity contribution is 0.794. The van der Waals surface area contributed by atoms with Gasteiger partial charge in [-0.05, 0) is 105 Å². The highest BCUT2D eigenvalue weighted by Crippen LogP contribution is 2.63. The zero-order chi connectivity index (χ0) is 42.2. The number of nitrogens with zero attached hydrogens (tertiary/aromatic N) is 5. The Balaban J connectivity index is 1.01. The standard InChI is InChI=1S/C59H39N5/c1-4-17-38(18-5-1)41-31-33-47-48-34-32-43(37-52(48)59(51(47)36-41)49-27-12-10-25-45(49)46-26-11-13-28-50(46)59)57-62-55(39-19-6-2-7-20-39)61-56(63-57)42-23-16-24-44(35-42)64-54-30-15-14-29-53(54)60-58(64)40-21-8-3-9-22-40/h1-2,4-8,10-37H,3,9H2. The molecule has 0 bridgehead atoms. The third-order valence-electron chi connectivity index (χ3n) is 13.3. The van der Waals surface area contributed by atoms with Crippen LogP contribution >= 0.6 is 0 Å². The fraction of sp³-hybridized carbons (Fsp3) is 0.0508. The lowest BCUT2D eigenvalue weighted by atomic mass is 9.70. The van der Waals surface area contributed by atoms with E-state index in [4.69, 9.17) is 19.9 Å². The fourth-order valence-corrected chi connectivity index (χ4v) is 10.5. The predicted octanol–water partition coefficient (Wildman–Crippen LogP) is 14.0. The van der Waals surface area contributed by atoms with E-state index < -0.39 is 5.41 Å². The molecule has 0 fully saturated rings. The molecule has 0 aliphatic heterocycles. The van der Waals surface area contributed by atoms with Gasteiger partial charge in [-0.25, -0.2) is 19.9 Å². The first-order valence-electron chi connectivity index (χ1n) is 22.0. The van der Waals surface area contributed by atoms with Crippen LogP contribution in [0.15, 0.2) is 212 Å². The van der Waals surface area contributed by atoms with Crippen LogP contribution in [0.1, 0.15) is 40.9 Å². The van der Waals surface area contributed by atoms with Crippen molar-refractivity contribution in [3.8, 4) is 73.2 Å². The van der Waals surface area contributed by atoms with Crippen molar-refractivity contribution in [1.29, 1.82) is 0 Å². The molecule has 13 rings (SSSR count). The van der Waals surface area contributed by atoms with Crippen LogP contribution < -0.4 is 0 Å². The molecule has 300 valence electrons. The number of allylic oxidation sites excluding steroid dienone is 4. The van der Waals surface area contributed by atoms with Gasteiger partial charge in [-0.1, -0.05) is 176 Å². The molecular formula is C59H39N5. The Kier molecular flexibility index (Phi) is 8.19. The number of fused-ring (bicyclic) bond motifs is 11. The van der Waals surface area contributed by atoms with Crippen LogP contribution in [-0.2, 0) is 5.41 Å². The smallest absolute Gasteiger partial charge is 0.164 e. The van der Waals surface area contributed by atoms with Crippen LogP contribution in [0.5, 0.6) is 0 Å². The normalized spacial score (nSPS) is 14.0. The SMILES string of the molecule is C1=CC(c2nc3ccccc3n2-c2cccc(-c3nc(-c4ccccc4)nc(-c4ccc5c(c4)C4(c6ccccc6-c6ccccc64)c4cc(-c6ccccc6)ccc4-5)n3)c2)=CCC1. The summed E-state index contributed by atoms with van der Waals surface area (Å²) < 4.78 is 2.26. The molecule has 64 heavy (non-hydrogen) atoms. The molecule has 5 heteroatoms. The van der Waals surface area contributed by atoms with Gasteiger partial charge in [-0.15, -0.1) is 0 Å². The van der Waals surface area contributed by atoms with Gasteiger partial charge in [-0.3, -0.25) is 4.57 Å². The molecule has 3 aliphatic carbocycles. The van der Waals surface area contributed by atoms with Crippen molar-refractivity contribution in [1.82, 2.24) is 24.5 Å². The molecule has 0 radical (unpaired) electrons. The number of hydrogen-bond acceptors (Lipinski definition) is 4. The van der Waals surface area contributed by atoms with Gasteiger partial charge < -0.3 is 0 Å². The second-order valence-electron chi connectivity index (χ2n) is 16.8. The second-order valence-corrected chi connectivity index (χ2v) is 16.8. The highest BCUT2D eigenvalue weighted by Gasteiger charge is 2.51. The number of imidazole rings is 1. The van der Waals surface area contributed by atoms with Gasteiger partial charge in [0.1, 0.15) is 5.82 Å². The Morgan fingerprint density at radius 1 is 0.391 bits per heavy atom. The van der Waals surface area contributed by atoms with E-state index >= 15 is 0 Å². The van der Waals surface area contributed by atoms with Gasteiger partial charge in [0.15, 0.2) is 17.5 Å². The van der Waals surface area contributed by atoms with E-state index in [1.165, 1.54) is 55.6 Å². The molecular weight excluding hydrogens is 779 g/mol. The van der Waals surface area contributed by atoms with Crippen molar-refractivity contribution in [3.05, 3.63) is 240 Å². The Morgan fingerprint density at radius 3 is 1.62 bits per heavy atom. The molecule has 10 aromatic rings. The highest BCUT2D eigenvalue weighted by atomic mass is 15.1. The summed E-state index contributed by atoms with van der Waals surface area (Å²) in [5.41, 5.74) is 18.9. The van der Waals surface area contributed by atoms with Gasteiger partial charge in [0.05, 0.1) is 16.4 Å². The Labute approximate surface area is 371 Å². The summed E-state index contributed by atoms with van der Waals surface area (Å²) in [5, 5.41) is 0. The molecule has 0 unspecified atom stereocenters. The zero-order valence-electron chi connectivity index (χ0n) is 34.9. The van der Waals surface area contributed by atoms with E-state index in [2.05, 4.69) is 193 Å². The molecule has 0 saturated carbocycles. The molecule has 1 spiro atoms. The van der Waals surface area contributed by atoms with Crippen molar-refractivity contribution in [3.63, 3.8) is 0 Å². The first kappa shape index (κ1) is 36.4. The van der Waals surface area contributed by atoms with Crippen molar-refractivity contribution in [2.24, 2.45) is 0 Å². The third kappa shape index (κ3) is 5.50. The Hall–Kier alpha value is -8.28. The molecule has 3 aliphatic rings. The van der Waals surface area contributed by atoms with Crippen LogP contribution in [0.3, 0.4) is 0 Å². The van der Waals surface area contributed by atoms with Crippen LogP contribution in [0.25, 0.3) is 89.8 Å². The summed E-state index contributed by atoms with van der Waals surface area (Å²) >= 11 is 0. The minimum absolute atomic E-state index is 0.542. The molecule has 0 N–H and O–H groups in total. The summed E-state index contributed by atoms with van der Waals surface area (Å²) in [6.07, 6.45) is 8.75. The lowest BCUT2D eigenvalue weighted by Gasteiger charge is -2.31. The van der Waals surface area contributed by atoms with Gasteiger partial charge in [-0.2, -0.15) is 0 Å². The average molecular weight is 818 g/mol. The van der Waals surface area contributed by atoms with Crippen molar-refractivity contribution < 1.29 is 0 Å². The predicted molar refractivity (Wildman–Crippen MR) is 259 cm³/mol. The number of hydrogen-bond donors (Lipinski definition) is 0. The molecule has 2 aromatic heterocycles. The minimum Gasteiger partial charge on any atom is -0.292 e. The van der Waals surface area contributed by atoms with Gasteiger partial charge in [0, 0.05) is 28.0 Å². The minimum atomic E-state index is -0.542. The van der Waals surface area contributed by atoms with Crippen molar-refractivity contribution in [2.45, 2.75) is 18.3 Å². The number of benzene rings is 8. The summed E-state index contributed by atoms with van der Waals surface area (Å²) in [6, 6.07) is 69.6. The van der Waals surface area contributed by atoms with Crippen molar-refractivity contribution >= 4 is 16.6 Å². The highest BCUT2D eigenvalue weighted by molar-refractivity contribution is 5.97. The number of aromatic nitrogens is 5. The van der Waals surface area contributed by atoms with E-state index in [1.54, 1.807) is 0 Å². The summed E-state index contributed by atoms with van der Waals surface area (Å²) in [7, 11) is 0. The zero-order valence-corrected chi connectivity index (χ0v) is 34.9. The molecule has 0 saturated heterocycles. The maximum atomic E-state index is 5.36. The quantitative estimate of drug-likeness (QED) is 0.168. The monoisotopic (exact) mass is 817 g/mol. The Morgan fingerprint density at radius 2 is 0.938 bits per heavy atom. The molecule has 5 nitrogen and oxygen atoms in total. The second kappa shape index (κ2) is 14.4. The van der Waals surface area contributed by atoms with E-state index in [1.807, 2.05) is 24.3 Å². The van der Waals surface area contributed by atoms with Crippen LogP contribution in [0.2, 0.25) is 0 Å². The largest absolute Gasteiger partial charge is 0.292 e. The van der Waals surface area contributed by atoms with E-state index in [9.17, 15) is 0 Å². The average Bonchev–Trinajstić information content (AvgIpc) is 4.01. The number of para-hydroxylation sites is 2. The van der Waals surface area contributed by atoms with E-state index in [0.717, 1.165) is 57.7 Å². The van der Waals surface area contributed by atoms with Crippen LogP contribution in [-0.4, -0.2) is 24.5 Å². The van der Waals surface area contributed by atoms with Crippen LogP contribution in [0, 0.1) is 0 Å².